The van der Waals surface area contributed by atoms with E-state index in [-0.39, 0.29) is 47.6 Å². The Balaban J connectivity index is 1.38. The first-order valence-electron chi connectivity index (χ1n) is 9.37. The second kappa shape index (κ2) is 6.74. The Morgan fingerprint density at radius 1 is 1.23 bits per heavy atom. The lowest BCUT2D eigenvalue weighted by atomic mass is 9.79. The standard InChI is InChI=1S/C20H23NO5/c1-2-3-8-25-19(23)11-4-6-13(7-5-11)21-18(22)16-12-9-14-15(10-12)26-20(24)17(14)16/h4-7,12,14-17H,2-3,8-10H2,1H3,(H,21,22)/t12-,14+,15+,16-,17+/m1/s1. The van der Waals surface area contributed by atoms with Crippen LogP contribution in [-0.4, -0.2) is 30.6 Å². The minimum Gasteiger partial charge on any atom is -0.462 e. The van der Waals surface area contributed by atoms with Gasteiger partial charge in [-0.2, -0.15) is 0 Å². The largest absolute Gasteiger partial charge is 0.462 e. The average molecular weight is 357 g/mol. The minimum absolute atomic E-state index is 0.0274. The van der Waals surface area contributed by atoms with Crippen molar-refractivity contribution < 1.29 is 23.9 Å². The first-order chi connectivity index (χ1) is 12.6. The minimum atomic E-state index is -0.357. The Kier molecular flexibility index (Phi) is 4.42. The molecule has 0 aromatic heterocycles. The maximum atomic E-state index is 12.7. The maximum absolute atomic E-state index is 12.7. The topological polar surface area (TPSA) is 81.7 Å². The number of anilines is 1. The number of carbonyl (C=O) groups is 3. The fourth-order valence-electron chi connectivity index (χ4n) is 4.67. The molecule has 6 nitrogen and oxygen atoms in total. The summed E-state index contributed by atoms with van der Waals surface area (Å²) in [5, 5.41) is 2.89. The smallest absolute Gasteiger partial charge is 0.338 e. The van der Waals surface area contributed by atoms with Crippen LogP contribution in [0, 0.1) is 23.7 Å². The van der Waals surface area contributed by atoms with E-state index in [1.807, 2.05) is 6.92 Å². The molecule has 138 valence electrons. The zero-order chi connectivity index (χ0) is 18.3. The van der Waals surface area contributed by atoms with Crippen LogP contribution in [0.15, 0.2) is 24.3 Å². The summed E-state index contributed by atoms with van der Waals surface area (Å²) < 4.78 is 10.6. The second-order valence-electron chi connectivity index (χ2n) is 7.48. The lowest BCUT2D eigenvalue weighted by Crippen LogP contribution is -2.35. The van der Waals surface area contributed by atoms with Gasteiger partial charge in [0.2, 0.25) is 5.91 Å². The number of unbranched alkanes of at least 4 members (excludes halogenated alkanes) is 1. The van der Waals surface area contributed by atoms with Crippen molar-refractivity contribution in [1.82, 2.24) is 0 Å². The van der Waals surface area contributed by atoms with E-state index in [9.17, 15) is 14.4 Å². The highest BCUT2D eigenvalue weighted by Crippen LogP contribution is 2.57. The van der Waals surface area contributed by atoms with E-state index >= 15 is 0 Å². The van der Waals surface area contributed by atoms with Gasteiger partial charge in [0, 0.05) is 11.6 Å². The normalized spacial score (nSPS) is 31.0. The molecule has 1 aromatic carbocycles. The van der Waals surface area contributed by atoms with Gasteiger partial charge in [-0.1, -0.05) is 13.3 Å². The molecular formula is C20H23NO5. The van der Waals surface area contributed by atoms with E-state index in [0.717, 1.165) is 25.7 Å². The van der Waals surface area contributed by atoms with E-state index < -0.39 is 0 Å². The van der Waals surface area contributed by atoms with E-state index in [2.05, 4.69) is 5.32 Å². The molecule has 4 rings (SSSR count). The number of fused-ring (bicyclic) bond motifs is 1. The van der Waals surface area contributed by atoms with Crippen molar-refractivity contribution in [3.8, 4) is 0 Å². The van der Waals surface area contributed by atoms with Crippen LogP contribution < -0.4 is 5.32 Å². The molecule has 3 fully saturated rings. The third-order valence-corrected chi connectivity index (χ3v) is 5.91. The number of hydrogen-bond acceptors (Lipinski definition) is 5. The molecule has 1 aliphatic heterocycles. The highest BCUT2D eigenvalue weighted by molar-refractivity contribution is 5.97. The highest BCUT2D eigenvalue weighted by Gasteiger charge is 2.63. The van der Waals surface area contributed by atoms with Gasteiger partial charge < -0.3 is 14.8 Å². The number of carbonyl (C=O) groups excluding carboxylic acids is 3. The third kappa shape index (κ3) is 2.87. The van der Waals surface area contributed by atoms with Crippen molar-refractivity contribution in [2.45, 2.75) is 38.7 Å². The molecule has 6 heteroatoms. The zero-order valence-electron chi connectivity index (χ0n) is 14.8. The van der Waals surface area contributed by atoms with Crippen molar-refractivity contribution in [2.75, 3.05) is 11.9 Å². The van der Waals surface area contributed by atoms with Crippen molar-refractivity contribution in [2.24, 2.45) is 23.7 Å². The summed E-state index contributed by atoms with van der Waals surface area (Å²) in [7, 11) is 0. The molecule has 2 saturated carbocycles. The molecule has 1 N–H and O–H groups in total. The van der Waals surface area contributed by atoms with Crippen molar-refractivity contribution in [1.29, 1.82) is 0 Å². The summed E-state index contributed by atoms with van der Waals surface area (Å²) in [4.78, 5) is 36.7. The summed E-state index contributed by atoms with van der Waals surface area (Å²) in [6.45, 7) is 2.45. The first kappa shape index (κ1) is 17.1. The lowest BCUT2D eigenvalue weighted by Gasteiger charge is -2.23. The molecule has 2 bridgehead atoms. The van der Waals surface area contributed by atoms with Gasteiger partial charge in [-0.15, -0.1) is 0 Å². The fraction of sp³-hybridized carbons (Fsp3) is 0.550. The van der Waals surface area contributed by atoms with Gasteiger partial charge in [-0.05, 0) is 49.4 Å². The van der Waals surface area contributed by atoms with E-state index in [4.69, 9.17) is 9.47 Å². The van der Waals surface area contributed by atoms with Crippen LogP contribution in [-0.2, 0) is 19.1 Å². The molecule has 1 heterocycles. The molecular weight excluding hydrogens is 334 g/mol. The van der Waals surface area contributed by atoms with Crippen LogP contribution in [0.1, 0.15) is 43.0 Å². The number of nitrogens with one attached hydrogen (secondary N) is 1. The van der Waals surface area contributed by atoms with Crippen molar-refractivity contribution in [3.05, 3.63) is 29.8 Å². The Hall–Kier alpha value is -2.37. The predicted molar refractivity (Wildman–Crippen MR) is 93.3 cm³/mol. The molecule has 0 unspecified atom stereocenters. The molecule has 1 saturated heterocycles. The lowest BCUT2D eigenvalue weighted by molar-refractivity contribution is -0.145. The van der Waals surface area contributed by atoms with Gasteiger partial charge in [0.15, 0.2) is 0 Å². The number of hydrogen-bond donors (Lipinski definition) is 1. The SMILES string of the molecule is CCCCOC(=O)c1ccc(NC(=O)[C@@H]2[C@@H]3C[C@@H]4[C@@H]2C(=O)O[C@H]4C3)cc1. The van der Waals surface area contributed by atoms with E-state index in [1.165, 1.54) is 0 Å². The van der Waals surface area contributed by atoms with Crippen LogP contribution >= 0.6 is 0 Å². The summed E-state index contributed by atoms with van der Waals surface area (Å²) in [5.41, 5.74) is 1.08. The van der Waals surface area contributed by atoms with Crippen molar-refractivity contribution in [3.63, 3.8) is 0 Å². The second-order valence-corrected chi connectivity index (χ2v) is 7.48. The van der Waals surface area contributed by atoms with Gasteiger partial charge in [0.05, 0.1) is 24.0 Å². The molecule has 5 atom stereocenters. The van der Waals surface area contributed by atoms with E-state index in [1.54, 1.807) is 24.3 Å². The van der Waals surface area contributed by atoms with Gasteiger partial charge >= 0.3 is 11.9 Å². The Bertz CT molecular complexity index is 726. The average Bonchev–Trinajstić information content (AvgIpc) is 3.24. The van der Waals surface area contributed by atoms with Crippen LogP contribution in [0.5, 0.6) is 0 Å². The van der Waals surface area contributed by atoms with Gasteiger partial charge in [-0.3, -0.25) is 9.59 Å². The molecule has 1 aromatic rings. The molecule has 2 aliphatic carbocycles. The molecule has 0 spiro atoms. The molecule has 3 aliphatic rings. The van der Waals surface area contributed by atoms with Crippen LogP contribution in [0.3, 0.4) is 0 Å². The van der Waals surface area contributed by atoms with Crippen LogP contribution in [0.2, 0.25) is 0 Å². The molecule has 0 radical (unpaired) electrons. The summed E-state index contributed by atoms with van der Waals surface area (Å²) in [5.74, 6) is -0.846. The Morgan fingerprint density at radius 3 is 2.73 bits per heavy atom. The quantitative estimate of drug-likeness (QED) is 0.625. The number of amides is 1. The van der Waals surface area contributed by atoms with Gasteiger partial charge in [-0.25, -0.2) is 4.79 Å². The van der Waals surface area contributed by atoms with E-state index in [0.29, 0.717) is 17.9 Å². The first-order valence-corrected chi connectivity index (χ1v) is 9.37. The number of benzene rings is 1. The van der Waals surface area contributed by atoms with Gasteiger partial charge in [0.25, 0.3) is 0 Å². The fourth-order valence-corrected chi connectivity index (χ4v) is 4.67. The Morgan fingerprint density at radius 2 is 2.00 bits per heavy atom. The number of rotatable bonds is 6. The number of ether oxygens (including phenoxy) is 2. The Labute approximate surface area is 152 Å². The van der Waals surface area contributed by atoms with Gasteiger partial charge in [0.1, 0.15) is 6.10 Å². The molecule has 26 heavy (non-hydrogen) atoms. The molecule has 1 amide bonds. The summed E-state index contributed by atoms with van der Waals surface area (Å²) in [6.07, 6.45) is 3.54. The predicted octanol–water partition coefficient (Wildman–Crippen LogP) is 2.78. The van der Waals surface area contributed by atoms with Crippen LogP contribution in [0.4, 0.5) is 5.69 Å². The number of esters is 2. The zero-order valence-corrected chi connectivity index (χ0v) is 14.8. The van der Waals surface area contributed by atoms with Crippen LogP contribution in [0.25, 0.3) is 0 Å². The monoisotopic (exact) mass is 357 g/mol. The maximum Gasteiger partial charge on any atom is 0.338 e. The summed E-state index contributed by atoms with van der Waals surface area (Å²) >= 11 is 0. The third-order valence-electron chi connectivity index (χ3n) is 5.91. The van der Waals surface area contributed by atoms with Crippen molar-refractivity contribution >= 4 is 23.5 Å². The highest BCUT2D eigenvalue weighted by atomic mass is 16.6. The summed E-state index contributed by atoms with van der Waals surface area (Å²) in [6, 6.07) is 6.67.